The maximum atomic E-state index is 4.51. The lowest BCUT2D eigenvalue weighted by molar-refractivity contribution is 0.597. The summed E-state index contributed by atoms with van der Waals surface area (Å²) in [5.41, 5.74) is 2.31. The second-order valence-electron chi connectivity index (χ2n) is 4.07. The van der Waals surface area contributed by atoms with Gasteiger partial charge in [0.15, 0.2) is 0 Å². The first-order valence-corrected chi connectivity index (χ1v) is 7.67. The molecule has 0 radical (unpaired) electrons. The number of hydrogen-bond acceptors (Lipinski definition) is 2. The van der Waals surface area contributed by atoms with E-state index in [9.17, 15) is 0 Å². The Kier molecular flexibility index (Phi) is 4.80. The minimum Gasteiger partial charge on any atom is -0.305 e. The summed E-state index contributed by atoms with van der Waals surface area (Å²) in [6, 6.07) is 8.54. The van der Waals surface area contributed by atoms with Gasteiger partial charge in [0.2, 0.25) is 0 Å². The Morgan fingerprint density at radius 1 is 1.44 bits per heavy atom. The van der Waals surface area contributed by atoms with Crippen LogP contribution in [0.5, 0.6) is 0 Å². The van der Waals surface area contributed by atoms with Gasteiger partial charge in [0, 0.05) is 21.3 Å². The lowest BCUT2D eigenvalue weighted by atomic mass is 10.0. The largest absolute Gasteiger partial charge is 0.305 e. The zero-order valence-corrected chi connectivity index (χ0v) is 14.1. The minimum atomic E-state index is 0.139. The quantitative estimate of drug-likeness (QED) is 0.768. The van der Waals surface area contributed by atoms with Gasteiger partial charge in [-0.2, -0.15) is 5.10 Å². The standard InChI is InChI=1S/C13H15BrIN3/c1-3-16-13(12-6-7-18(2)17-12)10-8-9(14)4-5-11(10)15/h4-8,13,16H,3H2,1-2H3. The molecule has 5 heteroatoms. The van der Waals surface area contributed by atoms with Crippen molar-refractivity contribution in [1.29, 1.82) is 0 Å². The lowest BCUT2D eigenvalue weighted by Gasteiger charge is -2.18. The van der Waals surface area contributed by atoms with Crippen molar-refractivity contribution >= 4 is 38.5 Å². The summed E-state index contributed by atoms with van der Waals surface area (Å²) in [5, 5.41) is 8.01. The maximum Gasteiger partial charge on any atom is 0.0839 e. The van der Waals surface area contributed by atoms with Crippen molar-refractivity contribution in [3.05, 3.63) is 49.8 Å². The Hall–Kier alpha value is -0.400. The molecule has 0 spiro atoms. The molecule has 0 fully saturated rings. The van der Waals surface area contributed by atoms with Crippen LogP contribution in [0.1, 0.15) is 24.2 Å². The molecule has 0 saturated heterocycles. The second kappa shape index (κ2) is 6.16. The predicted octanol–water partition coefficient (Wildman–Crippen LogP) is 3.49. The van der Waals surface area contributed by atoms with E-state index in [-0.39, 0.29) is 6.04 Å². The highest BCUT2D eigenvalue weighted by Crippen LogP contribution is 2.28. The molecule has 1 unspecified atom stereocenters. The van der Waals surface area contributed by atoms with Crippen molar-refractivity contribution in [3.8, 4) is 0 Å². The van der Waals surface area contributed by atoms with E-state index in [0.717, 1.165) is 16.7 Å². The van der Waals surface area contributed by atoms with Crippen LogP contribution in [0.4, 0.5) is 0 Å². The van der Waals surface area contributed by atoms with E-state index in [1.54, 1.807) is 0 Å². The maximum absolute atomic E-state index is 4.51. The fraction of sp³-hybridized carbons (Fsp3) is 0.308. The summed E-state index contributed by atoms with van der Waals surface area (Å²) in [6.07, 6.45) is 1.98. The zero-order chi connectivity index (χ0) is 13.1. The summed E-state index contributed by atoms with van der Waals surface area (Å²) < 4.78 is 4.17. The number of aryl methyl sites for hydroxylation is 1. The van der Waals surface area contributed by atoms with Crippen LogP contribution in [0.25, 0.3) is 0 Å². The average Bonchev–Trinajstić information content (AvgIpc) is 2.76. The van der Waals surface area contributed by atoms with Crippen LogP contribution in [-0.4, -0.2) is 16.3 Å². The summed E-state index contributed by atoms with van der Waals surface area (Å²) in [7, 11) is 1.94. The van der Waals surface area contributed by atoms with Crippen molar-refractivity contribution in [2.45, 2.75) is 13.0 Å². The highest BCUT2D eigenvalue weighted by Gasteiger charge is 2.18. The molecule has 1 atom stereocenters. The molecule has 3 nitrogen and oxygen atoms in total. The smallest absolute Gasteiger partial charge is 0.0839 e. The summed E-state index contributed by atoms with van der Waals surface area (Å²) in [6.45, 7) is 3.02. The van der Waals surface area contributed by atoms with Gasteiger partial charge in [-0.25, -0.2) is 0 Å². The van der Waals surface area contributed by atoms with Gasteiger partial charge in [-0.3, -0.25) is 4.68 Å². The van der Waals surface area contributed by atoms with Crippen molar-refractivity contribution in [2.75, 3.05) is 6.54 Å². The fourth-order valence-corrected chi connectivity index (χ4v) is 2.93. The molecule has 0 aliphatic heterocycles. The van der Waals surface area contributed by atoms with Gasteiger partial charge in [0.1, 0.15) is 0 Å². The van der Waals surface area contributed by atoms with Crippen molar-refractivity contribution in [1.82, 2.24) is 15.1 Å². The third-order valence-electron chi connectivity index (χ3n) is 2.71. The van der Waals surface area contributed by atoms with E-state index in [1.165, 1.54) is 9.13 Å². The SMILES string of the molecule is CCNC(c1ccn(C)n1)c1cc(Br)ccc1I. The second-order valence-corrected chi connectivity index (χ2v) is 6.15. The van der Waals surface area contributed by atoms with Crippen LogP contribution in [0.2, 0.25) is 0 Å². The lowest BCUT2D eigenvalue weighted by Crippen LogP contribution is -2.23. The monoisotopic (exact) mass is 419 g/mol. The van der Waals surface area contributed by atoms with Gasteiger partial charge in [-0.15, -0.1) is 0 Å². The van der Waals surface area contributed by atoms with Gasteiger partial charge in [-0.1, -0.05) is 22.9 Å². The molecule has 0 aliphatic carbocycles. The average molecular weight is 420 g/mol. The predicted molar refractivity (Wildman–Crippen MR) is 85.6 cm³/mol. The third kappa shape index (κ3) is 3.13. The molecule has 1 N–H and O–H groups in total. The number of aromatic nitrogens is 2. The van der Waals surface area contributed by atoms with Crippen molar-refractivity contribution in [3.63, 3.8) is 0 Å². The molecule has 96 valence electrons. The van der Waals surface area contributed by atoms with Gasteiger partial charge >= 0.3 is 0 Å². The van der Waals surface area contributed by atoms with Gasteiger partial charge < -0.3 is 5.32 Å². The van der Waals surface area contributed by atoms with Crippen LogP contribution < -0.4 is 5.32 Å². The van der Waals surface area contributed by atoms with E-state index in [2.05, 4.69) is 80.1 Å². The Bertz CT molecular complexity index is 539. The number of nitrogens with one attached hydrogen (secondary N) is 1. The number of rotatable bonds is 4. The van der Waals surface area contributed by atoms with E-state index in [4.69, 9.17) is 0 Å². The summed E-state index contributed by atoms with van der Waals surface area (Å²) >= 11 is 5.91. The number of benzene rings is 1. The van der Waals surface area contributed by atoms with Crippen LogP contribution >= 0.6 is 38.5 Å². The number of hydrogen-bond donors (Lipinski definition) is 1. The van der Waals surface area contributed by atoms with E-state index >= 15 is 0 Å². The fourth-order valence-electron chi connectivity index (χ4n) is 1.90. The number of halogens is 2. The van der Waals surface area contributed by atoms with Crippen LogP contribution in [0.15, 0.2) is 34.9 Å². The Balaban J connectivity index is 2.44. The molecule has 2 aromatic rings. The Labute approximate surface area is 129 Å². The molecular weight excluding hydrogens is 405 g/mol. The summed E-state index contributed by atoms with van der Waals surface area (Å²) in [5.74, 6) is 0. The molecule has 1 aromatic heterocycles. The van der Waals surface area contributed by atoms with Crippen molar-refractivity contribution in [2.24, 2.45) is 7.05 Å². The third-order valence-corrected chi connectivity index (χ3v) is 4.18. The minimum absolute atomic E-state index is 0.139. The first-order chi connectivity index (χ1) is 8.61. The normalized spacial score (nSPS) is 12.7. The van der Waals surface area contributed by atoms with Crippen molar-refractivity contribution < 1.29 is 0 Å². The first-order valence-electron chi connectivity index (χ1n) is 5.79. The van der Waals surface area contributed by atoms with E-state index < -0.39 is 0 Å². The highest BCUT2D eigenvalue weighted by atomic mass is 127. The van der Waals surface area contributed by atoms with Gasteiger partial charge in [-0.05, 0) is 59.0 Å². The molecule has 0 aliphatic rings. The molecule has 0 bridgehead atoms. The van der Waals surface area contributed by atoms with E-state index in [0.29, 0.717) is 0 Å². The molecule has 2 rings (SSSR count). The molecule has 1 heterocycles. The summed E-state index contributed by atoms with van der Waals surface area (Å²) in [4.78, 5) is 0. The zero-order valence-electron chi connectivity index (χ0n) is 10.3. The highest BCUT2D eigenvalue weighted by molar-refractivity contribution is 14.1. The Morgan fingerprint density at radius 3 is 2.83 bits per heavy atom. The van der Waals surface area contributed by atoms with Gasteiger partial charge in [0.25, 0.3) is 0 Å². The molecule has 0 amide bonds. The molecular formula is C13H15BrIN3. The van der Waals surface area contributed by atoms with Crippen LogP contribution in [0.3, 0.4) is 0 Å². The first kappa shape index (κ1) is 14.0. The number of nitrogens with zero attached hydrogens (tertiary/aromatic N) is 2. The van der Waals surface area contributed by atoms with Crippen LogP contribution in [0, 0.1) is 3.57 Å². The molecule has 0 saturated carbocycles. The van der Waals surface area contributed by atoms with E-state index in [1.807, 2.05) is 17.9 Å². The molecule has 18 heavy (non-hydrogen) atoms. The molecule has 1 aromatic carbocycles. The van der Waals surface area contributed by atoms with Crippen LogP contribution in [-0.2, 0) is 7.05 Å². The topological polar surface area (TPSA) is 29.9 Å². The Morgan fingerprint density at radius 2 is 2.22 bits per heavy atom. The van der Waals surface area contributed by atoms with Gasteiger partial charge in [0.05, 0.1) is 11.7 Å².